The van der Waals surface area contributed by atoms with Gasteiger partial charge in [-0.15, -0.1) is 0 Å². The molecule has 1 saturated heterocycles. The van der Waals surface area contributed by atoms with Crippen molar-refractivity contribution in [3.05, 3.63) is 0 Å². The minimum absolute atomic E-state index is 0.422. The molecule has 0 atom stereocenters. The van der Waals surface area contributed by atoms with Crippen LogP contribution < -0.4 is 4.86 Å². The van der Waals surface area contributed by atoms with Crippen LogP contribution in [0.5, 0.6) is 0 Å². The van der Waals surface area contributed by atoms with E-state index >= 15 is 0 Å². The van der Waals surface area contributed by atoms with Gasteiger partial charge < -0.3 is 0 Å². The Morgan fingerprint density at radius 1 is 0.476 bits per heavy atom. The summed E-state index contributed by atoms with van der Waals surface area (Å²) in [5, 5.41) is 1.69. The van der Waals surface area contributed by atoms with Crippen LogP contribution in [0.25, 0.3) is 0 Å². The van der Waals surface area contributed by atoms with Crippen molar-refractivity contribution in [2.45, 2.75) is 104 Å². The Labute approximate surface area is 145 Å². The second-order valence-electron chi connectivity index (χ2n) is 10.2. The molecule has 1 rings (SSSR count). The fourth-order valence-corrected chi connectivity index (χ4v) is 88.8. The standard InChI is InChI=1S/C16H37NP2Se2/c1-13(2,3)18(14(4,5)6)17-19(21-20-18,15(7,8)9)16(10,11)12/h17H,1-12H3/q+2. The summed E-state index contributed by atoms with van der Waals surface area (Å²) in [7, 11) is 0. The van der Waals surface area contributed by atoms with Gasteiger partial charge in [-0.3, -0.25) is 0 Å². The van der Waals surface area contributed by atoms with Gasteiger partial charge in [-0.1, -0.05) is 0 Å². The first-order valence-corrected chi connectivity index (χ1v) is 20.2. The van der Waals surface area contributed by atoms with Crippen molar-refractivity contribution in [2.24, 2.45) is 0 Å². The van der Waals surface area contributed by atoms with E-state index in [1.807, 2.05) is 0 Å². The summed E-state index contributed by atoms with van der Waals surface area (Å²) in [6.07, 6.45) is -2.28. The molecule has 0 saturated carbocycles. The zero-order valence-electron chi connectivity index (χ0n) is 16.2. The van der Waals surface area contributed by atoms with Crippen molar-refractivity contribution >= 4 is 37.6 Å². The Morgan fingerprint density at radius 2 is 0.667 bits per heavy atom. The maximum absolute atomic E-state index is 4.56. The zero-order valence-corrected chi connectivity index (χ0v) is 21.4. The minimum atomic E-state index is -1.14. The van der Waals surface area contributed by atoms with Gasteiger partial charge in [0.15, 0.2) is 0 Å². The topological polar surface area (TPSA) is 12.0 Å². The summed E-state index contributed by atoms with van der Waals surface area (Å²) in [6.45, 7) is 30.0. The normalized spacial score (nSPS) is 23.4. The fraction of sp³-hybridized carbons (Fsp3) is 1.00. The fourth-order valence-electron chi connectivity index (χ4n) is 3.39. The Bertz CT molecular complexity index is 328. The summed E-state index contributed by atoms with van der Waals surface area (Å²) in [5.74, 6) is 0. The zero-order chi connectivity index (χ0) is 17.1. The molecule has 1 fully saturated rings. The molecule has 0 aliphatic carbocycles. The van der Waals surface area contributed by atoms with Gasteiger partial charge in [-0.05, 0) is 0 Å². The number of rotatable bonds is 0. The van der Waals surface area contributed by atoms with Gasteiger partial charge in [0, 0.05) is 0 Å². The van der Waals surface area contributed by atoms with Gasteiger partial charge in [-0.2, -0.15) is 0 Å². The van der Waals surface area contributed by atoms with Crippen LogP contribution in [0.4, 0.5) is 0 Å². The average molecular weight is 463 g/mol. The quantitative estimate of drug-likeness (QED) is 0.354. The first kappa shape index (κ1) is 20.9. The van der Waals surface area contributed by atoms with Gasteiger partial charge >= 0.3 is 146 Å². The van der Waals surface area contributed by atoms with Gasteiger partial charge in [0.05, 0.1) is 0 Å². The molecule has 1 N–H and O–H groups in total. The van der Waals surface area contributed by atoms with E-state index in [0.717, 1.165) is 25.4 Å². The van der Waals surface area contributed by atoms with Crippen LogP contribution >= 0.6 is 12.2 Å². The molecule has 0 bridgehead atoms. The maximum atomic E-state index is 4.56. The molecular weight excluding hydrogens is 426 g/mol. The van der Waals surface area contributed by atoms with E-state index in [0.29, 0.717) is 20.6 Å². The summed E-state index contributed by atoms with van der Waals surface area (Å²) >= 11 is 1.62. The molecule has 1 nitrogen and oxygen atoms in total. The Hall–Kier alpha value is 1.86. The van der Waals surface area contributed by atoms with Crippen LogP contribution in [-0.4, -0.2) is 46.0 Å². The average Bonchev–Trinajstić information content (AvgIpc) is 2.54. The molecule has 0 radical (unpaired) electrons. The molecule has 0 unspecified atom stereocenters. The van der Waals surface area contributed by atoms with Crippen molar-refractivity contribution in [3.8, 4) is 0 Å². The third-order valence-electron chi connectivity index (χ3n) is 4.32. The first-order chi connectivity index (χ1) is 8.91. The Morgan fingerprint density at radius 3 is 0.762 bits per heavy atom. The second-order valence-corrected chi connectivity index (χ2v) is 37.6. The van der Waals surface area contributed by atoms with E-state index in [2.05, 4.69) is 87.9 Å². The Balaban J connectivity index is 3.49. The van der Waals surface area contributed by atoms with Crippen LogP contribution in [0.1, 0.15) is 83.1 Å². The van der Waals surface area contributed by atoms with E-state index in [4.69, 9.17) is 0 Å². The van der Waals surface area contributed by atoms with Crippen molar-refractivity contribution in [1.29, 1.82) is 0 Å². The predicted molar refractivity (Wildman–Crippen MR) is 107 cm³/mol. The third kappa shape index (κ3) is 3.33. The summed E-state index contributed by atoms with van der Waals surface area (Å²) < 4.78 is 0. The molecule has 126 valence electrons. The summed E-state index contributed by atoms with van der Waals surface area (Å²) in [5.41, 5.74) is 0. The van der Waals surface area contributed by atoms with Gasteiger partial charge in [-0.25, -0.2) is 0 Å². The molecular formula is C16H37NP2Se2+2. The molecule has 0 aromatic carbocycles. The van der Waals surface area contributed by atoms with Crippen LogP contribution in [0.3, 0.4) is 0 Å². The van der Waals surface area contributed by atoms with Crippen molar-refractivity contribution in [2.75, 3.05) is 0 Å². The van der Waals surface area contributed by atoms with Crippen LogP contribution in [-0.2, 0) is 0 Å². The van der Waals surface area contributed by atoms with E-state index in [1.54, 1.807) is 0 Å². The monoisotopic (exact) mass is 465 g/mol. The first-order valence-electron chi connectivity index (χ1n) is 7.87. The molecule has 21 heavy (non-hydrogen) atoms. The van der Waals surface area contributed by atoms with Crippen LogP contribution in [0, 0.1) is 0 Å². The van der Waals surface area contributed by atoms with E-state index in [-0.39, 0.29) is 0 Å². The SMILES string of the molecule is CC(C)(C)[P+]1(C(C)(C)C)N[P+](C(C)(C)C)(C(C)(C)C)[Se][Se]1. The molecule has 0 aromatic heterocycles. The molecule has 0 spiro atoms. The van der Waals surface area contributed by atoms with E-state index in [1.165, 1.54) is 0 Å². The summed E-state index contributed by atoms with van der Waals surface area (Å²) in [4.78, 5) is 4.56. The molecule has 0 amide bonds. The van der Waals surface area contributed by atoms with Gasteiger partial charge in [0.1, 0.15) is 0 Å². The predicted octanol–water partition coefficient (Wildman–Crippen LogP) is 5.80. The third-order valence-corrected chi connectivity index (χ3v) is 57.0. The van der Waals surface area contributed by atoms with Crippen LogP contribution in [0.2, 0.25) is 0 Å². The van der Waals surface area contributed by atoms with E-state index < -0.39 is 12.2 Å². The van der Waals surface area contributed by atoms with Gasteiger partial charge in [0.25, 0.3) is 0 Å². The second kappa shape index (κ2) is 5.70. The number of hydrogen-bond acceptors (Lipinski definition) is 1. The summed E-state index contributed by atoms with van der Waals surface area (Å²) in [6, 6.07) is 0. The Kier molecular flexibility index (Phi) is 5.67. The van der Waals surface area contributed by atoms with Gasteiger partial charge in [0.2, 0.25) is 0 Å². The molecule has 1 aliphatic heterocycles. The number of nitrogens with one attached hydrogen (secondary N) is 1. The molecule has 1 aliphatic rings. The number of hydrogen-bond donors (Lipinski definition) is 1. The van der Waals surface area contributed by atoms with Crippen LogP contribution in [0.15, 0.2) is 0 Å². The van der Waals surface area contributed by atoms with Crippen molar-refractivity contribution in [1.82, 2.24) is 4.86 Å². The van der Waals surface area contributed by atoms with E-state index in [9.17, 15) is 0 Å². The molecule has 0 aromatic rings. The van der Waals surface area contributed by atoms with Crippen molar-refractivity contribution < 1.29 is 0 Å². The molecule has 5 heteroatoms. The van der Waals surface area contributed by atoms with Crippen molar-refractivity contribution in [3.63, 3.8) is 0 Å². The molecule has 1 heterocycles.